The molecule has 2 N–H and O–H groups in total. The van der Waals surface area contributed by atoms with Crippen LogP contribution in [0.5, 0.6) is 0 Å². The molecule has 0 amide bonds. The topological polar surface area (TPSA) is 29.3 Å². The summed E-state index contributed by atoms with van der Waals surface area (Å²) in [5.41, 5.74) is 5.90. The predicted octanol–water partition coefficient (Wildman–Crippen LogP) is 1.21. The fourth-order valence-corrected chi connectivity index (χ4v) is 1.45. The highest BCUT2D eigenvalue weighted by molar-refractivity contribution is 4.75. The lowest BCUT2D eigenvalue weighted by Gasteiger charge is -2.22. The van der Waals surface area contributed by atoms with Gasteiger partial charge in [0.2, 0.25) is 0 Å². The molecular formula is C9H20N2. The Morgan fingerprint density at radius 1 is 1.27 bits per heavy atom. The lowest BCUT2D eigenvalue weighted by atomic mass is 10.0. The minimum atomic E-state index is 0.0165. The van der Waals surface area contributed by atoms with Gasteiger partial charge in [0.15, 0.2) is 0 Å². The SMILES string of the molecule is CC(C)(N)CCN1CCCC1. The number of hydrogen-bond donors (Lipinski definition) is 1. The van der Waals surface area contributed by atoms with Crippen LogP contribution in [0.4, 0.5) is 0 Å². The van der Waals surface area contributed by atoms with E-state index in [0.29, 0.717) is 0 Å². The third-order valence-electron chi connectivity index (χ3n) is 2.27. The summed E-state index contributed by atoms with van der Waals surface area (Å²) < 4.78 is 0. The summed E-state index contributed by atoms with van der Waals surface area (Å²) in [5, 5.41) is 0. The van der Waals surface area contributed by atoms with Crippen LogP contribution in [-0.4, -0.2) is 30.1 Å². The lowest BCUT2D eigenvalue weighted by Crippen LogP contribution is -2.36. The zero-order valence-corrected chi connectivity index (χ0v) is 7.77. The maximum Gasteiger partial charge on any atom is 0.0109 e. The van der Waals surface area contributed by atoms with Crippen LogP contribution in [0, 0.1) is 0 Å². The van der Waals surface area contributed by atoms with Gasteiger partial charge in [-0.15, -0.1) is 0 Å². The molecule has 0 unspecified atom stereocenters. The van der Waals surface area contributed by atoms with Crippen LogP contribution in [0.1, 0.15) is 33.1 Å². The molecule has 1 aliphatic heterocycles. The maximum absolute atomic E-state index is 5.89. The summed E-state index contributed by atoms with van der Waals surface area (Å²) in [7, 11) is 0. The molecule has 0 spiro atoms. The molecule has 1 fully saturated rings. The van der Waals surface area contributed by atoms with Crippen molar-refractivity contribution in [2.75, 3.05) is 19.6 Å². The van der Waals surface area contributed by atoms with Crippen molar-refractivity contribution in [1.29, 1.82) is 0 Å². The van der Waals surface area contributed by atoms with Gasteiger partial charge in [-0.3, -0.25) is 0 Å². The van der Waals surface area contributed by atoms with E-state index in [4.69, 9.17) is 5.73 Å². The Morgan fingerprint density at radius 3 is 2.27 bits per heavy atom. The molecule has 0 radical (unpaired) electrons. The molecule has 0 aromatic rings. The Balaban J connectivity index is 2.11. The number of nitrogens with zero attached hydrogens (tertiary/aromatic N) is 1. The highest BCUT2D eigenvalue weighted by Crippen LogP contribution is 2.11. The smallest absolute Gasteiger partial charge is 0.0109 e. The van der Waals surface area contributed by atoms with Crippen molar-refractivity contribution in [2.24, 2.45) is 5.73 Å². The van der Waals surface area contributed by atoms with Crippen molar-refractivity contribution >= 4 is 0 Å². The van der Waals surface area contributed by atoms with Crippen LogP contribution >= 0.6 is 0 Å². The van der Waals surface area contributed by atoms with E-state index < -0.39 is 0 Å². The third-order valence-corrected chi connectivity index (χ3v) is 2.27. The highest BCUT2D eigenvalue weighted by atomic mass is 15.1. The van der Waals surface area contributed by atoms with Gasteiger partial charge in [0.1, 0.15) is 0 Å². The minimum absolute atomic E-state index is 0.0165. The van der Waals surface area contributed by atoms with Crippen LogP contribution in [0.15, 0.2) is 0 Å². The second-order valence-corrected chi connectivity index (χ2v) is 4.29. The zero-order chi connectivity index (χ0) is 8.32. The summed E-state index contributed by atoms with van der Waals surface area (Å²) in [6, 6.07) is 0. The molecule has 1 aliphatic rings. The molecule has 0 aromatic carbocycles. The zero-order valence-electron chi connectivity index (χ0n) is 7.77. The predicted molar refractivity (Wildman–Crippen MR) is 48.6 cm³/mol. The second-order valence-electron chi connectivity index (χ2n) is 4.29. The first-order valence-electron chi connectivity index (χ1n) is 4.59. The van der Waals surface area contributed by atoms with Crippen LogP contribution in [0.2, 0.25) is 0 Å². The summed E-state index contributed by atoms with van der Waals surface area (Å²) in [4.78, 5) is 2.51. The summed E-state index contributed by atoms with van der Waals surface area (Å²) in [5.74, 6) is 0. The third kappa shape index (κ3) is 3.73. The van der Waals surface area contributed by atoms with Crippen LogP contribution in [0.25, 0.3) is 0 Å². The molecule has 2 heteroatoms. The molecule has 1 saturated heterocycles. The Morgan fingerprint density at radius 2 is 1.82 bits per heavy atom. The van der Waals surface area contributed by atoms with Crippen molar-refractivity contribution in [3.8, 4) is 0 Å². The number of likely N-dealkylation sites (tertiary alicyclic amines) is 1. The first-order chi connectivity index (χ1) is 5.08. The molecular weight excluding hydrogens is 136 g/mol. The second kappa shape index (κ2) is 3.55. The van der Waals surface area contributed by atoms with Gasteiger partial charge in [0.25, 0.3) is 0 Å². The van der Waals surface area contributed by atoms with Crippen molar-refractivity contribution in [3.63, 3.8) is 0 Å². The Bertz CT molecular complexity index is 109. The van der Waals surface area contributed by atoms with E-state index in [-0.39, 0.29) is 5.54 Å². The lowest BCUT2D eigenvalue weighted by molar-refractivity contribution is 0.298. The first-order valence-corrected chi connectivity index (χ1v) is 4.59. The summed E-state index contributed by atoms with van der Waals surface area (Å²) in [6.07, 6.45) is 3.88. The van der Waals surface area contributed by atoms with Gasteiger partial charge in [-0.2, -0.15) is 0 Å². The molecule has 11 heavy (non-hydrogen) atoms. The van der Waals surface area contributed by atoms with Gasteiger partial charge in [0.05, 0.1) is 0 Å². The standard InChI is InChI=1S/C9H20N2/c1-9(2,10)5-8-11-6-3-4-7-11/h3-8,10H2,1-2H3. The highest BCUT2D eigenvalue weighted by Gasteiger charge is 2.15. The number of hydrogen-bond acceptors (Lipinski definition) is 2. The largest absolute Gasteiger partial charge is 0.326 e. The van der Waals surface area contributed by atoms with Gasteiger partial charge in [-0.25, -0.2) is 0 Å². The Kier molecular flexibility index (Phi) is 2.90. The summed E-state index contributed by atoms with van der Waals surface area (Å²) >= 11 is 0. The van der Waals surface area contributed by atoms with E-state index >= 15 is 0 Å². The molecule has 1 rings (SSSR count). The Labute approximate surface area is 69.8 Å². The maximum atomic E-state index is 5.89. The summed E-state index contributed by atoms with van der Waals surface area (Å²) in [6.45, 7) is 7.96. The minimum Gasteiger partial charge on any atom is -0.326 e. The molecule has 66 valence electrons. The van der Waals surface area contributed by atoms with Crippen LogP contribution < -0.4 is 5.73 Å². The quantitative estimate of drug-likeness (QED) is 0.665. The van der Waals surface area contributed by atoms with E-state index in [0.717, 1.165) is 6.42 Å². The van der Waals surface area contributed by atoms with Gasteiger partial charge in [0, 0.05) is 5.54 Å². The molecule has 0 bridgehead atoms. The average Bonchev–Trinajstić information content (AvgIpc) is 2.32. The van der Waals surface area contributed by atoms with Gasteiger partial charge >= 0.3 is 0 Å². The first kappa shape index (κ1) is 9.01. The molecule has 0 aliphatic carbocycles. The fraction of sp³-hybridized carbons (Fsp3) is 1.00. The Hall–Kier alpha value is -0.0800. The average molecular weight is 156 g/mol. The molecule has 0 atom stereocenters. The number of rotatable bonds is 3. The molecule has 0 aromatic heterocycles. The number of nitrogens with two attached hydrogens (primary N) is 1. The van der Waals surface area contributed by atoms with E-state index in [2.05, 4.69) is 18.7 Å². The monoisotopic (exact) mass is 156 g/mol. The van der Waals surface area contributed by atoms with E-state index in [9.17, 15) is 0 Å². The molecule has 0 saturated carbocycles. The van der Waals surface area contributed by atoms with Crippen LogP contribution in [0.3, 0.4) is 0 Å². The van der Waals surface area contributed by atoms with Gasteiger partial charge in [-0.1, -0.05) is 0 Å². The van der Waals surface area contributed by atoms with E-state index in [1.165, 1.54) is 32.5 Å². The normalized spacial score (nSPS) is 21.0. The van der Waals surface area contributed by atoms with Crippen molar-refractivity contribution in [2.45, 2.75) is 38.6 Å². The van der Waals surface area contributed by atoms with Gasteiger partial charge in [-0.05, 0) is 52.7 Å². The fourth-order valence-electron chi connectivity index (χ4n) is 1.45. The van der Waals surface area contributed by atoms with Crippen LogP contribution in [-0.2, 0) is 0 Å². The van der Waals surface area contributed by atoms with Gasteiger partial charge < -0.3 is 10.6 Å². The van der Waals surface area contributed by atoms with E-state index in [1.807, 2.05) is 0 Å². The van der Waals surface area contributed by atoms with Crippen molar-refractivity contribution < 1.29 is 0 Å². The van der Waals surface area contributed by atoms with Crippen molar-refractivity contribution in [1.82, 2.24) is 4.90 Å². The molecule has 1 heterocycles. The van der Waals surface area contributed by atoms with E-state index in [1.54, 1.807) is 0 Å². The van der Waals surface area contributed by atoms with Crippen molar-refractivity contribution in [3.05, 3.63) is 0 Å². The molecule has 2 nitrogen and oxygen atoms in total.